The summed E-state index contributed by atoms with van der Waals surface area (Å²) in [4.78, 5) is 14.1. The molecule has 0 aliphatic carbocycles. The Kier molecular flexibility index (Phi) is 3.83. The zero-order chi connectivity index (χ0) is 15.7. The quantitative estimate of drug-likeness (QED) is 0.939. The first-order valence-electron chi connectivity index (χ1n) is 7.52. The van der Waals surface area contributed by atoms with E-state index in [9.17, 15) is 4.79 Å². The summed E-state index contributed by atoms with van der Waals surface area (Å²) in [7, 11) is 0. The summed E-state index contributed by atoms with van der Waals surface area (Å²) in [5.41, 5.74) is 2.03. The van der Waals surface area contributed by atoms with E-state index in [2.05, 4.69) is 22.4 Å². The molecule has 116 valence electrons. The molecule has 0 radical (unpaired) electrons. The van der Waals surface area contributed by atoms with E-state index in [4.69, 9.17) is 4.42 Å². The van der Waals surface area contributed by atoms with E-state index in [0.29, 0.717) is 11.9 Å². The third-order valence-corrected chi connectivity index (χ3v) is 4.04. The highest BCUT2D eigenvalue weighted by Gasteiger charge is 2.31. The molecule has 1 amide bonds. The van der Waals surface area contributed by atoms with Crippen LogP contribution in [-0.4, -0.2) is 39.6 Å². The molecule has 2 heterocycles. The summed E-state index contributed by atoms with van der Waals surface area (Å²) in [5, 5.41) is 11.0. The molecule has 1 aromatic heterocycles. The number of nitrogens with zero attached hydrogens (tertiary/aromatic N) is 3. The Morgan fingerprint density at radius 3 is 2.68 bits per heavy atom. The number of carbonyl (C=O) groups excluding carboxylic acids is 1. The average Bonchev–Trinajstić information content (AvgIpc) is 2.94. The molecule has 2 atom stereocenters. The molecule has 22 heavy (non-hydrogen) atoms. The molecule has 0 bridgehead atoms. The van der Waals surface area contributed by atoms with Gasteiger partial charge in [0.1, 0.15) is 6.04 Å². The van der Waals surface area contributed by atoms with Crippen LogP contribution in [0.4, 0.5) is 6.01 Å². The number of amides is 1. The molecule has 6 heteroatoms. The fraction of sp³-hybridized carbons (Fsp3) is 0.438. The van der Waals surface area contributed by atoms with Gasteiger partial charge in [0, 0.05) is 18.2 Å². The van der Waals surface area contributed by atoms with Crippen LogP contribution in [0.5, 0.6) is 0 Å². The van der Waals surface area contributed by atoms with Gasteiger partial charge in [0.15, 0.2) is 0 Å². The SMILES string of the molecule is Cc1ccc(-c2nnc(N[C@H](C)C(=O)N3CC[C@H]3C)o2)cc1. The van der Waals surface area contributed by atoms with Crippen LogP contribution in [0.25, 0.3) is 11.5 Å². The van der Waals surface area contributed by atoms with Gasteiger partial charge in [-0.2, -0.15) is 0 Å². The normalized spacial score (nSPS) is 18.7. The van der Waals surface area contributed by atoms with E-state index in [1.165, 1.54) is 5.56 Å². The summed E-state index contributed by atoms with van der Waals surface area (Å²) >= 11 is 0. The van der Waals surface area contributed by atoms with Crippen LogP contribution in [0.3, 0.4) is 0 Å². The lowest BCUT2D eigenvalue weighted by molar-refractivity contribution is -0.138. The molecular formula is C16H20N4O2. The maximum Gasteiger partial charge on any atom is 0.316 e. The van der Waals surface area contributed by atoms with Crippen LogP contribution in [0.15, 0.2) is 28.7 Å². The summed E-state index contributed by atoms with van der Waals surface area (Å²) in [6, 6.07) is 8.06. The van der Waals surface area contributed by atoms with Crippen LogP contribution in [0, 0.1) is 6.92 Å². The molecule has 3 rings (SSSR count). The van der Waals surface area contributed by atoms with Gasteiger partial charge in [-0.05, 0) is 39.3 Å². The van der Waals surface area contributed by atoms with E-state index >= 15 is 0 Å². The molecule has 1 aliphatic heterocycles. The Bertz CT molecular complexity index is 665. The zero-order valence-corrected chi connectivity index (χ0v) is 13.0. The Hall–Kier alpha value is -2.37. The van der Waals surface area contributed by atoms with Crippen molar-refractivity contribution < 1.29 is 9.21 Å². The number of aromatic nitrogens is 2. The van der Waals surface area contributed by atoms with E-state index in [1.54, 1.807) is 0 Å². The minimum atomic E-state index is -0.380. The molecule has 2 aromatic rings. The van der Waals surface area contributed by atoms with E-state index in [1.807, 2.05) is 43.0 Å². The van der Waals surface area contributed by atoms with Crippen molar-refractivity contribution in [2.75, 3.05) is 11.9 Å². The second-order valence-corrected chi connectivity index (χ2v) is 5.81. The maximum absolute atomic E-state index is 12.2. The summed E-state index contributed by atoms with van der Waals surface area (Å²) in [6.07, 6.45) is 1.07. The van der Waals surface area contributed by atoms with Crippen LogP contribution in [0.1, 0.15) is 25.8 Å². The number of benzene rings is 1. The van der Waals surface area contributed by atoms with Gasteiger partial charge in [-0.15, -0.1) is 5.10 Å². The second kappa shape index (κ2) is 5.79. The third kappa shape index (κ3) is 2.81. The highest BCUT2D eigenvalue weighted by Crippen LogP contribution is 2.22. The molecule has 1 fully saturated rings. The largest absolute Gasteiger partial charge is 0.403 e. The molecule has 0 unspecified atom stereocenters. The zero-order valence-electron chi connectivity index (χ0n) is 13.0. The number of rotatable bonds is 4. The van der Waals surface area contributed by atoms with Crippen molar-refractivity contribution in [3.63, 3.8) is 0 Å². The molecule has 1 aromatic carbocycles. The van der Waals surface area contributed by atoms with Crippen molar-refractivity contribution in [2.24, 2.45) is 0 Å². The number of hydrogen-bond acceptors (Lipinski definition) is 5. The van der Waals surface area contributed by atoms with Gasteiger partial charge in [0.2, 0.25) is 11.8 Å². The minimum Gasteiger partial charge on any atom is -0.403 e. The van der Waals surface area contributed by atoms with Gasteiger partial charge in [0.25, 0.3) is 0 Å². The Labute approximate surface area is 129 Å². The van der Waals surface area contributed by atoms with Gasteiger partial charge < -0.3 is 14.6 Å². The number of anilines is 1. The van der Waals surface area contributed by atoms with E-state index < -0.39 is 0 Å². The van der Waals surface area contributed by atoms with E-state index in [0.717, 1.165) is 18.5 Å². The lowest BCUT2D eigenvalue weighted by Crippen LogP contribution is -2.53. The first-order chi connectivity index (χ1) is 10.5. The molecule has 0 saturated carbocycles. The van der Waals surface area contributed by atoms with Crippen LogP contribution < -0.4 is 5.32 Å². The predicted octanol–water partition coefficient (Wildman–Crippen LogP) is 2.47. The highest BCUT2D eigenvalue weighted by molar-refractivity contribution is 5.84. The van der Waals surface area contributed by atoms with Gasteiger partial charge >= 0.3 is 6.01 Å². The summed E-state index contributed by atoms with van der Waals surface area (Å²) in [5.74, 6) is 0.508. The lowest BCUT2D eigenvalue weighted by atomic mass is 10.0. The molecule has 1 N–H and O–H groups in total. The van der Waals surface area contributed by atoms with Crippen molar-refractivity contribution >= 4 is 11.9 Å². The van der Waals surface area contributed by atoms with Crippen molar-refractivity contribution in [3.8, 4) is 11.5 Å². The molecule has 6 nitrogen and oxygen atoms in total. The third-order valence-electron chi connectivity index (χ3n) is 4.04. The number of nitrogens with one attached hydrogen (secondary N) is 1. The van der Waals surface area contributed by atoms with Crippen LogP contribution >= 0.6 is 0 Å². The van der Waals surface area contributed by atoms with Gasteiger partial charge in [-0.25, -0.2) is 0 Å². The topological polar surface area (TPSA) is 71.3 Å². The number of likely N-dealkylation sites (tertiary alicyclic amines) is 1. The standard InChI is InChI=1S/C16H20N4O2/c1-10-4-6-13(7-5-10)14-18-19-16(22-14)17-12(3)15(21)20-9-8-11(20)2/h4-7,11-12H,8-9H2,1-3H3,(H,17,19)/t11-,12-/m1/s1. The Morgan fingerprint density at radius 2 is 2.09 bits per heavy atom. The van der Waals surface area contributed by atoms with Crippen molar-refractivity contribution in [2.45, 2.75) is 39.3 Å². The van der Waals surface area contributed by atoms with Crippen molar-refractivity contribution in [1.82, 2.24) is 15.1 Å². The second-order valence-electron chi connectivity index (χ2n) is 5.81. The fourth-order valence-electron chi connectivity index (χ4n) is 2.43. The smallest absolute Gasteiger partial charge is 0.316 e. The average molecular weight is 300 g/mol. The Morgan fingerprint density at radius 1 is 1.36 bits per heavy atom. The maximum atomic E-state index is 12.2. The van der Waals surface area contributed by atoms with Gasteiger partial charge in [0.05, 0.1) is 0 Å². The molecule has 1 saturated heterocycles. The van der Waals surface area contributed by atoms with Crippen molar-refractivity contribution in [3.05, 3.63) is 29.8 Å². The monoisotopic (exact) mass is 300 g/mol. The van der Waals surface area contributed by atoms with E-state index in [-0.39, 0.29) is 18.0 Å². The van der Waals surface area contributed by atoms with Gasteiger partial charge in [-0.1, -0.05) is 22.8 Å². The lowest BCUT2D eigenvalue weighted by Gasteiger charge is -2.40. The fourth-order valence-corrected chi connectivity index (χ4v) is 2.43. The first-order valence-corrected chi connectivity index (χ1v) is 7.52. The first kappa shape index (κ1) is 14.6. The Balaban J connectivity index is 1.66. The minimum absolute atomic E-state index is 0.0637. The summed E-state index contributed by atoms with van der Waals surface area (Å²) < 4.78 is 5.58. The van der Waals surface area contributed by atoms with Crippen molar-refractivity contribution in [1.29, 1.82) is 0 Å². The van der Waals surface area contributed by atoms with Gasteiger partial charge in [-0.3, -0.25) is 4.79 Å². The molecule has 1 aliphatic rings. The van der Waals surface area contributed by atoms with Crippen LogP contribution in [-0.2, 0) is 4.79 Å². The summed E-state index contributed by atoms with van der Waals surface area (Å²) in [6.45, 7) is 6.71. The number of hydrogen-bond donors (Lipinski definition) is 1. The number of carbonyl (C=O) groups is 1. The molecular weight excluding hydrogens is 280 g/mol. The molecule has 0 spiro atoms. The highest BCUT2D eigenvalue weighted by atomic mass is 16.4. The van der Waals surface area contributed by atoms with Crippen LogP contribution in [0.2, 0.25) is 0 Å². The predicted molar refractivity (Wildman–Crippen MR) is 83.3 cm³/mol. The number of aryl methyl sites for hydroxylation is 1.